The number of rotatable bonds is 5. The van der Waals surface area contributed by atoms with Gasteiger partial charge in [0.15, 0.2) is 0 Å². The summed E-state index contributed by atoms with van der Waals surface area (Å²) in [6.45, 7) is 5.28. The molecule has 0 aliphatic carbocycles. The highest BCUT2D eigenvalue weighted by molar-refractivity contribution is 9.10. The van der Waals surface area contributed by atoms with Crippen molar-refractivity contribution in [3.63, 3.8) is 0 Å². The monoisotopic (exact) mass is 275 g/mol. The van der Waals surface area contributed by atoms with E-state index < -0.39 is 0 Å². The Bertz CT molecular complexity index is 285. The molecule has 3 heteroatoms. The Labute approximate surface area is 98.8 Å². The molecule has 1 atom stereocenters. The van der Waals surface area contributed by atoms with E-state index in [0.29, 0.717) is 0 Å². The van der Waals surface area contributed by atoms with Crippen LogP contribution in [0, 0.1) is 5.41 Å². The van der Waals surface area contributed by atoms with Crippen LogP contribution in [0.4, 0.5) is 0 Å². The first-order chi connectivity index (χ1) is 6.59. The summed E-state index contributed by atoms with van der Waals surface area (Å²) in [5.74, 6) is 0. The molecule has 1 heterocycles. The van der Waals surface area contributed by atoms with Crippen molar-refractivity contribution in [1.82, 2.24) is 0 Å². The molecule has 0 aliphatic rings. The molecule has 0 saturated heterocycles. The lowest BCUT2D eigenvalue weighted by Crippen LogP contribution is -2.29. The fourth-order valence-corrected chi connectivity index (χ4v) is 3.40. The van der Waals surface area contributed by atoms with E-state index >= 15 is 0 Å². The second-order valence-electron chi connectivity index (χ2n) is 4.17. The fraction of sp³-hybridized carbons (Fsp3) is 0.636. The number of hydrogen-bond donors (Lipinski definition) is 1. The SMILES string of the molecule is CCCC(C)(CN)Cc1cc(Br)cs1. The summed E-state index contributed by atoms with van der Waals surface area (Å²) in [6.07, 6.45) is 3.52. The van der Waals surface area contributed by atoms with Crippen molar-refractivity contribution in [2.24, 2.45) is 11.1 Å². The smallest absolute Gasteiger partial charge is 0.0285 e. The molecule has 0 amide bonds. The lowest BCUT2D eigenvalue weighted by molar-refractivity contribution is 0.305. The van der Waals surface area contributed by atoms with E-state index in [1.165, 1.54) is 22.2 Å². The minimum Gasteiger partial charge on any atom is -0.330 e. The van der Waals surface area contributed by atoms with Crippen molar-refractivity contribution in [3.8, 4) is 0 Å². The second kappa shape index (κ2) is 5.29. The van der Waals surface area contributed by atoms with Gasteiger partial charge in [0.05, 0.1) is 0 Å². The molecule has 0 saturated carbocycles. The molecule has 14 heavy (non-hydrogen) atoms. The van der Waals surface area contributed by atoms with Crippen LogP contribution >= 0.6 is 27.3 Å². The number of hydrogen-bond acceptors (Lipinski definition) is 2. The predicted molar refractivity (Wildman–Crippen MR) is 67.8 cm³/mol. The molecular formula is C11H18BrNS. The largest absolute Gasteiger partial charge is 0.330 e. The minimum absolute atomic E-state index is 0.277. The highest BCUT2D eigenvalue weighted by Crippen LogP contribution is 2.31. The molecule has 0 radical (unpaired) electrons. The Balaban J connectivity index is 2.64. The number of halogens is 1. The van der Waals surface area contributed by atoms with Crippen molar-refractivity contribution in [2.45, 2.75) is 33.1 Å². The number of nitrogens with two attached hydrogens (primary N) is 1. The maximum atomic E-state index is 5.84. The van der Waals surface area contributed by atoms with Crippen molar-refractivity contribution >= 4 is 27.3 Å². The van der Waals surface area contributed by atoms with Gasteiger partial charge < -0.3 is 5.73 Å². The highest BCUT2D eigenvalue weighted by atomic mass is 79.9. The van der Waals surface area contributed by atoms with Crippen molar-refractivity contribution in [3.05, 3.63) is 20.8 Å². The Morgan fingerprint density at radius 2 is 2.29 bits per heavy atom. The summed E-state index contributed by atoms with van der Waals surface area (Å²) >= 11 is 5.29. The lowest BCUT2D eigenvalue weighted by atomic mass is 9.82. The van der Waals surface area contributed by atoms with Crippen LogP contribution in [0.1, 0.15) is 31.6 Å². The highest BCUT2D eigenvalue weighted by Gasteiger charge is 2.22. The molecule has 0 aromatic carbocycles. The average Bonchev–Trinajstić information content (AvgIpc) is 2.51. The quantitative estimate of drug-likeness (QED) is 0.869. The summed E-state index contributed by atoms with van der Waals surface area (Å²) in [6, 6.07) is 2.20. The zero-order chi connectivity index (χ0) is 10.6. The minimum atomic E-state index is 0.277. The van der Waals surface area contributed by atoms with Gasteiger partial charge in [0, 0.05) is 14.7 Å². The van der Waals surface area contributed by atoms with E-state index in [4.69, 9.17) is 5.73 Å². The zero-order valence-corrected chi connectivity index (χ0v) is 11.2. The van der Waals surface area contributed by atoms with Gasteiger partial charge in [-0.1, -0.05) is 20.3 Å². The second-order valence-corrected chi connectivity index (χ2v) is 6.08. The van der Waals surface area contributed by atoms with Gasteiger partial charge >= 0.3 is 0 Å². The molecule has 1 unspecified atom stereocenters. The van der Waals surface area contributed by atoms with Crippen LogP contribution in [0.2, 0.25) is 0 Å². The van der Waals surface area contributed by atoms with E-state index in [2.05, 4.69) is 41.2 Å². The Morgan fingerprint density at radius 1 is 1.57 bits per heavy atom. The van der Waals surface area contributed by atoms with Gasteiger partial charge in [-0.2, -0.15) is 0 Å². The molecule has 80 valence electrons. The Morgan fingerprint density at radius 3 is 2.71 bits per heavy atom. The zero-order valence-electron chi connectivity index (χ0n) is 8.85. The van der Waals surface area contributed by atoms with Gasteiger partial charge in [-0.25, -0.2) is 0 Å². The van der Waals surface area contributed by atoms with Gasteiger partial charge in [0.2, 0.25) is 0 Å². The maximum absolute atomic E-state index is 5.84. The Kier molecular flexibility index (Phi) is 4.61. The fourth-order valence-electron chi connectivity index (χ4n) is 1.73. The summed E-state index contributed by atoms with van der Waals surface area (Å²) in [5, 5.41) is 2.14. The molecule has 0 bridgehead atoms. The average molecular weight is 276 g/mol. The van der Waals surface area contributed by atoms with E-state index in [1.807, 2.05) is 11.3 Å². The summed E-state index contributed by atoms with van der Waals surface area (Å²) in [7, 11) is 0. The van der Waals surface area contributed by atoms with Crippen molar-refractivity contribution in [1.29, 1.82) is 0 Å². The molecule has 1 rings (SSSR count). The first kappa shape index (κ1) is 12.2. The van der Waals surface area contributed by atoms with E-state index in [0.717, 1.165) is 13.0 Å². The van der Waals surface area contributed by atoms with Crippen LogP contribution in [-0.4, -0.2) is 6.54 Å². The first-order valence-corrected chi connectivity index (χ1v) is 6.70. The standard InChI is InChI=1S/C11H18BrNS/c1-3-4-11(2,8-13)6-10-5-9(12)7-14-10/h5,7H,3-4,6,8,13H2,1-2H3. The third-order valence-corrected chi connectivity index (χ3v) is 4.27. The molecule has 1 nitrogen and oxygen atoms in total. The normalized spacial score (nSPS) is 15.4. The predicted octanol–water partition coefficient (Wildman–Crippen LogP) is 3.82. The van der Waals surface area contributed by atoms with Gasteiger partial charge in [0.1, 0.15) is 0 Å². The van der Waals surface area contributed by atoms with Crippen LogP contribution in [0.15, 0.2) is 15.9 Å². The first-order valence-electron chi connectivity index (χ1n) is 5.02. The molecular weight excluding hydrogens is 258 g/mol. The lowest BCUT2D eigenvalue weighted by Gasteiger charge is -2.26. The van der Waals surface area contributed by atoms with E-state index in [9.17, 15) is 0 Å². The number of thiophene rings is 1. The molecule has 0 spiro atoms. The van der Waals surface area contributed by atoms with Crippen molar-refractivity contribution < 1.29 is 0 Å². The third-order valence-electron chi connectivity index (χ3n) is 2.57. The van der Waals surface area contributed by atoms with Crippen molar-refractivity contribution in [2.75, 3.05) is 6.54 Å². The topological polar surface area (TPSA) is 26.0 Å². The maximum Gasteiger partial charge on any atom is 0.0285 e. The molecule has 2 N–H and O–H groups in total. The van der Waals surface area contributed by atoms with Crippen LogP contribution in [0.3, 0.4) is 0 Å². The van der Waals surface area contributed by atoms with Crippen LogP contribution in [-0.2, 0) is 6.42 Å². The third kappa shape index (κ3) is 3.37. The van der Waals surface area contributed by atoms with Gasteiger partial charge in [-0.15, -0.1) is 11.3 Å². The van der Waals surface area contributed by atoms with Gasteiger partial charge in [-0.3, -0.25) is 0 Å². The van der Waals surface area contributed by atoms with Crippen LogP contribution in [0.25, 0.3) is 0 Å². The van der Waals surface area contributed by atoms with Crippen LogP contribution < -0.4 is 5.73 Å². The Hall–Kier alpha value is 0.140. The summed E-state index contributed by atoms with van der Waals surface area (Å²) in [4.78, 5) is 1.43. The summed E-state index contributed by atoms with van der Waals surface area (Å²) in [5.41, 5.74) is 6.12. The van der Waals surface area contributed by atoms with Gasteiger partial charge in [0.25, 0.3) is 0 Å². The van der Waals surface area contributed by atoms with E-state index in [-0.39, 0.29) is 5.41 Å². The van der Waals surface area contributed by atoms with Gasteiger partial charge in [-0.05, 0) is 46.8 Å². The van der Waals surface area contributed by atoms with E-state index in [1.54, 1.807) is 0 Å². The summed E-state index contributed by atoms with van der Waals surface area (Å²) < 4.78 is 1.19. The molecule has 0 aliphatic heterocycles. The molecule has 0 fully saturated rings. The molecule has 1 aromatic rings. The van der Waals surface area contributed by atoms with Crippen LogP contribution in [0.5, 0.6) is 0 Å². The molecule has 1 aromatic heterocycles.